The Morgan fingerprint density at radius 3 is 2.57 bits per heavy atom. The molecule has 0 spiro atoms. The first-order chi connectivity index (χ1) is 10.0. The molecule has 0 unspecified atom stereocenters. The van der Waals surface area contributed by atoms with Crippen LogP contribution in [0.25, 0.3) is 5.69 Å². The molecule has 0 saturated heterocycles. The van der Waals surface area contributed by atoms with Crippen LogP contribution in [0.2, 0.25) is 5.15 Å². The number of aryl methyl sites for hydroxylation is 2. The van der Waals surface area contributed by atoms with E-state index in [-0.39, 0.29) is 10.7 Å². The summed E-state index contributed by atoms with van der Waals surface area (Å²) in [4.78, 5) is 27.5. The van der Waals surface area contributed by atoms with Crippen molar-refractivity contribution in [1.82, 2.24) is 9.55 Å². The first-order valence-electron chi connectivity index (χ1n) is 7.13. The van der Waals surface area contributed by atoms with Gasteiger partial charge in [0, 0.05) is 0 Å². The molecule has 21 heavy (non-hydrogen) atoms. The zero-order chi connectivity index (χ0) is 15.6. The van der Waals surface area contributed by atoms with E-state index in [2.05, 4.69) is 4.98 Å². The normalized spacial score (nSPS) is 10.9. The lowest BCUT2D eigenvalue weighted by Crippen LogP contribution is -2.37. The molecule has 1 heterocycles. The average molecular weight is 307 g/mol. The molecule has 112 valence electrons. The van der Waals surface area contributed by atoms with Gasteiger partial charge in [-0.3, -0.25) is 9.78 Å². The standard InChI is InChI=1S/C16H19ClN2O2/c1-4-7-12-14(17)18-16(21)19(15(12)20)13-10(3)8-6-9-11(13)5-2/h6,8-9H,4-5,7H2,1-3H3,(H,18,21). The summed E-state index contributed by atoms with van der Waals surface area (Å²) in [6.07, 6.45) is 2.08. The van der Waals surface area contributed by atoms with Crippen molar-refractivity contribution in [3.05, 3.63) is 60.9 Å². The largest absolute Gasteiger partial charge is 0.334 e. The van der Waals surface area contributed by atoms with Crippen LogP contribution >= 0.6 is 11.6 Å². The number of para-hydroxylation sites is 1. The van der Waals surface area contributed by atoms with E-state index in [1.54, 1.807) is 0 Å². The molecule has 0 aliphatic carbocycles. The minimum Gasteiger partial charge on any atom is -0.297 e. The Hall–Kier alpha value is -1.81. The smallest absolute Gasteiger partial charge is 0.297 e. The zero-order valence-corrected chi connectivity index (χ0v) is 13.3. The molecule has 2 rings (SSSR count). The van der Waals surface area contributed by atoms with Crippen molar-refractivity contribution in [2.75, 3.05) is 0 Å². The summed E-state index contributed by atoms with van der Waals surface area (Å²) in [5, 5.41) is 0.148. The molecule has 4 nitrogen and oxygen atoms in total. The fourth-order valence-electron chi connectivity index (χ4n) is 2.54. The summed E-state index contributed by atoms with van der Waals surface area (Å²) in [6, 6.07) is 5.76. The molecule has 0 amide bonds. The molecular weight excluding hydrogens is 288 g/mol. The number of aromatic amines is 1. The predicted molar refractivity (Wildman–Crippen MR) is 85.8 cm³/mol. The van der Waals surface area contributed by atoms with Crippen molar-refractivity contribution in [2.45, 2.75) is 40.0 Å². The van der Waals surface area contributed by atoms with Gasteiger partial charge >= 0.3 is 5.69 Å². The van der Waals surface area contributed by atoms with Crippen LogP contribution in [0.1, 0.15) is 37.0 Å². The van der Waals surface area contributed by atoms with Crippen LogP contribution in [0.15, 0.2) is 27.8 Å². The molecule has 0 radical (unpaired) electrons. The monoisotopic (exact) mass is 306 g/mol. The number of halogens is 1. The highest BCUT2D eigenvalue weighted by molar-refractivity contribution is 6.30. The highest BCUT2D eigenvalue weighted by Gasteiger charge is 2.16. The van der Waals surface area contributed by atoms with E-state index >= 15 is 0 Å². The minimum atomic E-state index is -0.492. The Kier molecular flexibility index (Phi) is 4.68. The molecule has 2 aromatic rings. The maximum Gasteiger partial charge on any atom is 0.334 e. The van der Waals surface area contributed by atoms with Gasteiger partial charge in [-0.25, -0.2) is 9.36 Å². The second-order valence-corrected chi connectivity index (χ2v) is 5.43. The maximum absolute atomic E-state index is 12.7. The van der Waals surface area contributed by atoms with Crippen molar-refractivity contribution in [2.24, 2.45) is 0 Å². The predicted octanol–water partition coefficient (Wildman–Crippen LogP) is 3.00. The van der Waals surface area contributed by atoms with E-state index < -0.39 is 5.69 Å². The van der Waals surface area contributed by atoms with E-state index in [1.165, 1.54) is 4.57 Å². The third kappa shape index (κ3) is 2.81. The van der Waals surface area contributed by atoms with E-state index in [4.69, 9.17) is 11.6 Å². The fraction of sp³-hybridized carbons (Fsp3) is 0.375. The second kappa shape index (κ2) is 6.31. The van der Waals surface area contributed by atoms with Gasteiger partial charge in [0.1, 0.15) is 5.15 Å². The number of hydrogen-bond acceptors (Lipinski definition) is 2. The van der Waals surface area contributed by atoms with Crippen molar-refractivity contribution in [3.8, 4) is 5.69 Å². The lowest BCUT2D eigenvalue weighted by atomic mass is 10.1. The van der Waals surface area contributed by atoms with Gasteiger partial charge in [-0.05, 0) is 30.9 Å². The Morgan fingerprint density at radius 2 is 1.95 bits per heavy atom. The molecule has 0 atom stereocenters. The number of aromatic nitrogens is 2. The second-order valence-electron chi connectivity index (χ2n) is 5.05. The van der Waals surface area contributed by atoms with E-state index in [0.29, 0.717) is 17.7 Å². The lowest BCUT2D eigenvalue weighted by Gasteiger charge is -2.14. The number of hydrogen-bond donors (Lipinski definition) is 1. The van der Waals surface area contributed by atoms with Gasteiger partial charge in [0.15, 0.2) is 0 Å². The Morgan fingerprint density at radius 1 is 1.24 bits per heavy atom. The number of benzene rings is 1. The van der Waals surface area contributed by atoms with Crippen molar-refractivity contribution in [1.29, 1.82) is 0 Å². The van der Waals surface area contributed by atoms with Crippen molar-refractivity contribution >= 4 is 11.6 Å². The lowest BCUT2D eigenvalue weighted by molar-refractivity contribution is 0.801. The quantitative estimate of drug-likeness (QED) is 0.883. The SMILES string of the molecule is CCCc1c(Cl)[nH]c(=O)n(-c2c(C)cccc2CC)c1=O. The highest BCUT2D eigenvalue weighted by Crippen LogP contribution is 2.18. The molecular formula is C16H19ClN2O2. The van der Waals surface area contributed by atoms with E-state index in [1.807, 2.05) is 39.0 Å². The van der Waals surface area contributed by atoms with Crippen LogP contribution in [0.4, 0.5) is 0 Å². The molecule has 0 fully saturated rings. The summed E-state index contributed by atoms with van der Waals surface area (Å²) in [6.45, 7) is 5.87. The van der Waals surface area contributed by atoms with Gasteiger partial charge in [-0.2, -0.15) is 0 Å². The molecule has 1 aromatic heterocycles. The average Bonchev–Trinajstić information content (AvgIpc) is 2.44. The van der Waals surface area contributed by atoms with Gasteiger partial charge < -0.3 is 0 Å². The van der Waals surface area contributed by atoms with E-state index in [9.17, 15) is 9.59 Å². The molecule has 5 heteroatoms. The first kappa shape index (κ1) is 15.6. The topological polar surface area (TPSA) is 54.9 Å². The fourth-order valence-corrected chi connectivity index (χ4v) is 2.80. The Labute approximate surface area is 128 Å². The minimum absolute atomic E-state index is 0.148. The van der Waals surface area contributed by atoms with Crippen LogP contribution in [0.3, 0.4) is 0 Å². The van der Waals surface area contributed by atoms with Gasteiger partial charge in [0.2, 0.25) is 0 Å². The number of rotatable bonds is 4. The summed E-state index contributed by atoms with van der Waals surface area (Å²) in [7, 11) is 0. The number of H-pyrrole nitrogens is 1. The zero-order valence-electron chi connectivity index (χ0n) is 12.5. The summed E-state index contributed by atoms with van der Waals surface area (Å²) < 4.78 is 1.21. The van der Waals surface area contributed by atoms with Crippen LogP contribution < -0.4 is 11.2 Å². The third-order valence-corrected chi connectivity index (χ3v) is 3.89. The molecule has 1 aromatic carbocycles. The van der Waals surface area contributed by atoms with Crippen molar-refractivity contribution in [3.63, 3.8) is 0 Å². The Balaban J connectivity index is 2.86. The summed E-state index contributed by atoms with van der Waals surface area (Å²) >= 11 is 6.02. The van der Waals surface area contributed by atoms with Gasteiger partial charge in [-0.1, -0.05) is 50.1 Å². The van der Waals surface area contributed by atoms with Crippen LogP contribution in [-0.4, -0.2) is 9.55 Å². The van der Waals surface area contributed by atoms with Gasteiger partial charge in [0.05, 0.1) is 11.3 Å². The molecule has 0 saturated carbocycles. The maximum atomic E-state index is 12.7. The highest BCUT2D eigenvalue weighted by atomic mass is 35.5. The first-order valence-corrected chi connectivity index (χ1v) is 7.51. The van der Waals surface area contributed by atoms with Gasteiger partial charge in [0.25, 0.3) is 5.56 Å². The van der Waals surface area contributed by atoms with Crippen LogP contribution in [0, 0.1) is 6.92 Å². The molecule has 0 aliphatic rings. The van der Waals surface area contributed by atoms with Crippen LogP contribution in [0.5, 0.6) is 0 Å². The van der Waals surface area contributed by atoms with Crippen LogP contribution in [-0.2, 0) is 12.8 Å². The number of nitrogens with zero attached hydrogens (tertiary/aromatic N) is 1. The molecule has 0 bridgehead atoms. The number of nitrogens with one attached hydrogen (secondary N) is 1. The van der Waals surface area contributed by atoms with E-state index in [0.717, 1.165) is 24.0 Å². The summed E-state index contributed by atoms with van der Waals surface area (Å²) in [5.74, 6) is 0. The van der Waals surface area contributed by atoms with Crippen molar-refractivity contribution < 1.29 is 0 Å². The third-order valence-electron chi connectivity index (χ3n) is 3.57. The summed E-state index contributed by atoms with van der Waals surface area (Å²) in [5.41, 5.74) is 2.17. The molecule has 1 N–H and O–H groups in total. The molecule has 0 aliphatic heterocycles. The van der Waals surface area contributed by atoms with Gasteiger partial charge in [-0.15, -0.1) is 0 Å². The Bertz CT molecular complexity index is 775.